The average Bonchev–Trinajstić information content (AvgIpc) is 3.28. The van der Waals surface area contributed by atoms with Crippen molar-refractivity contribution < 1.29 is 14.3 Å². The first-order chi connectivity index (χ1) is 13.8. The molecule has 3 aromatic rings. The molecule has 2 heterocycles. The van der Waals surface area contributed by atoms with Crippen molar-refractivity contribution in [1.82, 2.24) is 9.55 Å². The van der Waals surface area contributed by atoms with Crippen molar-refractivity contribution in [3.8, 4) is 5.69 Å². The van der Waals surface area contributed by atoms with Gasteiger partial charge in [0.15, 0.2) is 11.5 Å². The lowest BCUT2D eigenvalue weighted by Gasteiger charge is -2.20. The molecule has 29 heavy (non-hydrogen) atoms. The van der Waals surface area contributed by atoms with Crippen LogP contribution in [0, 0.1) is 0 Å². The summed E-state index contributed by atoms with van der Waals surface area (Å²) >= 11 is 1.51. The Hall–Kier alpha value is -2.93. The van der Waals surface area contributed by atoms with Gasteiger partial charge in [0.2, 0.25) is 5.91 Å². The third-order valence-corrected chi connectivity index (χ3v) is 4.92. The van der Waals surface area contributed by atoms with Crippen LogP contribution in [0.2, 0.25) is 0 Å². The Bertz CT molecular complexity index is 986. The lowest BCUT2D eigenvalue weighted by molar-refractivity contribution is -0.115. The molecule has 0 atom stereocenters. The van der Waals surface area contributed by atoms with Crippen LogP contribution in [0.5, 0.6) is 0 Å². The molecule has 0 radical (unpaired) electrons. The Labute approximate surface area is 174 Å². The molecule has 0 saturated carbocycles. The molecule has 0 fully saturated rings. The van der Waals surface area contributed by atoms with Crippen LogP contribution < -0.4 is 5.32 Å². The normalized spacial score (nSPS) is 11.3. The van der Waals surface area contributed by atoms with E-state index in [1.165, 1.54) is 11.3 Å². The minimum Gasteiger partial charge on any atom is -0.455 e. The van der Waals surface area contributed by atoms with Crippen LogP contribution >= 0.6 is 11.3 Å². The van der Waals surface area contributed by atoms with Gasteiger partial charge in [-0.05, 0) is 44.4 Å². The summed E-state index contributed by atoms with van der Waals surface area (Å²) in [5.74, 6) is 0.141. The number of thiophene rings is 1. The second kappa shape index (κ2) is 8.61. The van der Waals surface area contributed by atoms with Crippen molar-refractivity contribution >= 4 is 29.0 Å². The molecule has 1 amide bonds. The number of nitrogens with one attached hydrogen (secondary N) is 1. The summed E-state index contributed by atoms with van der Waals surface area (Å²) in [5.41, 5.74) is 0.340. The zero-order chi connectivity index (χ0) is 21.0. The quantitative estimate of drug-likeness (QED) is 0.600. The summed E-state index contributed by atoms with van der Waals surface area (Å²) < 4.78 is 7.38. The van der Waals surface area contributed by atoms with Gasteiger partial charge in [-0.3, -0.25) is 9.36 Å². The summed E-state index contributed by atoms with van der Waals surface area (Å²) in [6, 6.07) is 13.3. The third-order valence-electron chi connectivity index (χ3n) is 4.04. The van der Waals surface area contributed by atoms with Gasteiger partial charge in [0.05, 0.1) is 6.42 Å². The summed E-state index contributed by atoms with van der Waals surface area (Å²) in [6.45, 7) is 7.38. The molecule has 152 valence electrons. The lowest BCUT2D eigenvalue weighted by Crippen LogP contribution is -2.26. The van der Waals surface area contributed by atoms with Crippen molar-refractivity contribution in [1.29, 1.82) is 0 Å². The van der Waals surface area contributed by atoms with E-state index in [-0.39, 0.29) is 23.8 Å². The van der Waals surface area contributed by atoms with E-state index in [2.05, 4.69) is 10.3 Å². The van der Waals surface area contributed by atoms with E-state index in [1.807, 2.05) is 75.5 Å². The number of hydrogen-bond acceptors (Lipinski definition) is 5. The Balaban J connectivity index is 2.03. The van der Waals surface area contributed by atoms with Gasteiger partial charge >= 0.3 is 5.97 Å². The highest BCUT2D eigenvalue weighted by Gasteiger charge is 2.29. The van der Waals surface area contributed by atoms with E-state index < -0.39 is 11.6 Å². The van der Waals surface area contributed by atoms with Crippen molar-refractivity contribution in [3.05, 3.63) is 64.2 Å². The molecule has 0 bridgehead atoms. The molecule has 0 spiro atoms. The van der Waals surface area contributed by atoms with Gasteiger partial charge in [-0.2, -0.15) is 0 Å². The highest BCUT2D eigenvalue weighted by atomic mass is 32.1. The predicted octanol–water partition coefficient (Wildman–Crippen LogP) is 4.63. The number of hydrogen-bond donors (Lipinski definition) is 1. The maximum atomic E-state index is 13.1. The highest BCUT2D eigenvalue weighted by molar-refractivity contribution is 7.10. The van der Waals surface area contributed by atoms with Crippen LogP contribution in [0.1, 0.15) is 48.9 Å². The number of carbonyl (C=O) groups excluding carboxylic acids is 2. The molecule has 7 heteroatoms. The highest BCUT2D eigenvalue weighted by Crippen LogP contribution is 2.26. The number of carbonyl (C=O) groups is 2. The number of ether oxygens (including phenoxy) is 1. The van der Waals surface area contributed by atoms with Gasteiger partial charge in [-0.1, -0.05) is 31.2 Å². The third kappa shape index (κ3) is 5.12. The fourth-order valence-electron chi connectivity index (χ4n) is 2.91. The Morgan fingerprint density at radius 2 is 1.86 bits per heavy atom. The lowest BCUT2D eigenvalue weighted by atomic mass is 10.2. The summed E-state index contributed by atoms with van der Waals surface area (Å²) in [7, 11) is 0. The number of nitrogens with zero attached hydrogens (tertiary/aromatic N) is 2. The molecule has 0 aliphatic rings. The first-order valence-electron chi connectivity index (χ1n) is 9.51. The van der Waals surface area contributed by atoms with Crippen LogP contribution in [0.3, 0.4) is 0 Å². The van der Waals surface area contributed by atoms with E-state index in [9.17, 15) is 9.59 Å². The maximum Gasteiger partial charge on any atom is 0.359 e. The van der Waals surface area contributed by atoms with Gasteiger partial charge in [-0.25, -0.2) is 9.78 Å². The molecule has 1 N–H and O–H groups in total. The molecule has 0 aliphatic heterocycles. The van der Waals surface area contributed by atoms with E-state index in [0.29, 0.717) is 12.2 Å². The molecule has 0 saturated heterocycles. The topological polar surface area (TPSA) is 73.2 Å². The Morgan fingerprint density at radius 3 is 2.45 bits per heavy atom. The van der Waals surface area contributed by atoms with E-state index in [1.54, 1.807) is 4.57 Å². The largest absolute Gasteiger partial charge is 0.455 e. The van der Waals surface area contributed by atoms with Gasteiger partial charge in [0.1, 0.15) is 11.4 Å². The smallest absolute Gasteiger partial charge is 0.359 e. The van der Waals surface area contributed by atoms with Gasteiger partial charge < -0.3 is 10.1 Å². The van der Waals surface area contributed by atoms with Crippen molar-refractivity contribution in [3.63, 3.8) is 0 Å². The number of imidazole rings is 1. The van der Waals surface area contributed by atoms with Gasteiger partial charge in [0, 0.05) is 17.0 Å². The maximum absolute atomic E-state index is 13.1. The number of para-hydroxylation sites is 1. The van der Waals surface area contributed by atoms with E-state index >= 15 is 0 Å². The number of aromatic nitrogens is 2. The van der Waals surface area contributed by atoms with Crippen molar-refractivity contribution in [2.24, 2.45) is 0 Å². The van der Waals surface area contributed by atoms with Crippen LogP contribution in [0.25, 0.3) is 5.69 Å². The second-order valence-corrected chi connectivity index (χ2v) is 8.59. The molecule has 6 nitrogen and oxygen atoms in total. The fraction of sp³-hybridized carbons (Fsp3) is 0.318. The molecule has 3 rings (SSSR count). The van der Waals surface area contributed by atoms with Gasteiger partial charge in [-0.15, -0.1) is 11.3 Å². The summed E-state index contributed by atoms with van der Waals surface area (Å²) in [5, 5.41) is 4.74. The number of amides is 1. The molecule has 1 aromatic carbocycles. The zero-order valence-electron chi connectivity index (χ0n) is 17.1. The number of anilines is 1. The minimum atomic E-state index is -0.673. The van der Waals surface area contributed by atoms with Crippen molar-refractivity contribution in [2.45, 2.75) is 46.1 Å². The fourth-order valence-corrected chi connectivity index (χ4v) is 3.61. The van der Waals surface area contributed by atoms with Gasteiger partial charge in [0.25, 0.3) is 0 Å². The van der Waals surface area contributed by atoms with Crippen molar-refractivity contribution in [2.75, 3.05) is 5.32 Å². The number of esters is 1. The first kappa shape index (κ1) is 20.8. The number of benzene rings is 1. The number of aryl methyl sites for hydroxylation is 1. The summed E-state index contributed by atoms with van der Waals surface area (Å²) in [6.07, 6.45) is 0.816. The Morgan fingerprint density at radius 1 is 1.14 bits per heavy atom. The van der Waals surface area contributed by atoms with E-state index in [4.69, 9.17) is 4.74 Å². The van der Waals surface area contributed by atoms with Crippen LogP contribution in [-0.2, 0) is 22.4 Å². The minimum absolute atomic E-state index is 0.224. The Kier molecular flexibility index (Phi) is 6.17. The van der Waals surface area contributed by atoms with Crippen LogP contribution in [-0.4, -0.2) is 27.0 Å². The first-order valence-corrected chi connectivity index (χ1v) is 10.4. The molecule has 0 unspecified atom stereocenters. The average molecular weight is 412 g/mol. The molecule has 2 aromatic heterocycles. The molecular weight excluding hydrogens is 386 g/mol. The monoisotopic (exact) mass is 411 g/mol. The SMILES string of the molecule is CCc1nc(NC(=O)Cc2cccs2)c(C(=O)OC(C)(C)C)n1-c1ccccc1. The van der Waals surface area contributed by atoms with E-state index in [0.717, 1.165) is 10.6 Å². The standard InChI is InChI=1S/C22H25N3O3S/c1-5-17-23-20(24-18(26)14-16-12-9-13-29-16)19(21(27)28-22(2,3)4)25(17)15-10-7-6-8-11-15/h6-13H,5,14H2,1-4H3,(H,24,26). The summed E-state index contributed by atoms with van der Waals surface area (Å²) in [4.78, 5) is 31.2. The molecular formula is C22H25N3O3S. The predicted molar refractivity (Wildman–Crippen MR) is 115 cm³/mol. The van der Waals surface area contributed by atoms with Crippen LogP contribution in [0.15, 0.2) is 47.8 Å². The zero-order valence-corrected chi connectivity index (χ0v) is 17.9. The second-order valence-electron chi connectivity index (χ2n) is 7.56. The molecule has 0 aliphatic carbocycles. The van der Waals surface area contributed by atoms with Crippen LogP contribution in [0.4, 0.5) is 5.82 Å². The number of rotatable bonds is 6.